The molecule has 4 N–H and O–H groups in total. The van der Waals surface area contributed by atoms with E-state index in [2.05, 4.69) is 15.0 Å². The molecular formula is C9H11N5O2. The second-order valence-electron chi connectivity index (χ2n) is 4.02. The molecule has 2 aromatic rings. The third-order valence-corrected chi connectivity index (χ3v) is 2.93. The molecule has 2 heterocycles. The van der Waals surface area contributed by atoms with Gasteiger partial charge in [-0.3, -0.25) is 9.78 Å². The van der Waals surface area contributed by atoms with Crippen LogP contribution in [0.3, 0.4) is 0 Å². The number of nitrogens with one attached hydrogen (secondary N) is 1. The van der Waals surface area contributed by atoms with E-state index >= 15 is 0 Å². The minimum atomic E-state index is -0.331. The number of aliphatic hydroxyl groups is 1. The number of imidazole rings is 1. The molecular weight excluding hydrogens is 210 g/mol. The highest BCUT2D eigenvalue weighted by molar-refractivity contribution is 5.70. The van der Waals surface area contributed by atoms with E-state index in [1.807, 2.05) is 4.57 Å². The SMILES string of the molecule is Nc1nc2c(ncn2[C@H]2C[C@H]2CO)c(=O)[nH]1. The van der Waals surface area contributed by atoms with Crippen molar-refractivity contribution in [2.24, 2.45) is 5.92 Å². The molecule has 1 fully saturated rings. The Morgan fingerprint density at radius 3 is 3.19 bits per heavy atom. The molecule has 0 spiro atoms. The number of hydrogen-bond acceptors (Lipinski definition) is 5. The lowest BCUT2D eigenvalue weighted by Crippen LogP contribution is -2.12. The van der Waals surface area contributed by atoms with E-state index in [1.165, 1.54) is 0 Å². The van der Waals surface area contributed by atoms with Gasteiger partial charge in [-0.05, 0) is 6.42 Å². The summed E-state index contributed by atoms with van der Waals surface area (Å²) in [7, 11) is 0. The van der Waals surface area contributed by atoms with Gasteiger partial charge in [0.1, 0.15) is 0 Å². The van der Waals surface area contributed by atoms with Crippen molar-refractivity contribution in [2.45, 2.75) is 12.5 Å². The molecule has 0 unspecified atom stereocenters. The van der Waals surface area contributed by atoms with Crippen molar-refractivity contribution in [3.63, 3.8) is 0 Å². The second-order valence-corrected chi connectivity index (χ2v) is 4.02. The van der Waals surface area contributed by atoms with E-state index in [-0.39, 0.29) is 35.6 Å². The fourth-order valence-corrected chi connectivity index (χ4v) is 1.95. The van der Waals surface area contributed by atoms with Gasteiger partial charge < -0.3 is 15.4 Å². The second kappa shape index (κ2) is 3.05. The first-order valence-corrected chi connectivity index (χ1v) is 5.04. The summed E-state index contributed by atoms with van der Waals surface area (Å²) in [6, 6.07) is 0.184. The number of anilines is 1. The lowest BCUT2D eigenvalue weighted by molar-refractivity contribution is 0.269. The maximum atomic E-state index is 11.5. The molecule has 1 saturated carbocycles. The Bertz CT molecular complexity index is 601. The molecule has 7 heteroatoms. The van der Waals surface area contributed by atoms with Crippen molar-refractivity contribution in [3.05, 3.63) is 16.7 Å². The lowest BCUT2D eigenvalue weighted by Gasteiger charge is -2.01. The van der Waals surface area contributed by atoms with Crippen LogP contribution in [0.5, 0.6) is 0 Å². The van der Waals surface area contributed by atoms with E-state index < -0.39 is 0 Å². The van der Waals surface area contributed by atoms with E-state index in [0.717, 1.165) is 6.42 Å². The van der Waals surface area contributed by atoms with Gasteiger partial charge in [-0.25, -0.2) is 4.98 Å². The average Bonchev–Trinajstić information content (AvgIpc) is 2.91. The molecule has 0 aliphatic heterocycles. The molecule has 3 rings (SSSR count). The third kappa shape index (κ3) is 1.21. The van der Waals surface area contributed by atoms with Crippen LogP contribution in [-0.4, -0.2) is 31.2 Å². The van der Waals surface area contributed by atoms with Gasteiger partial charge >= 0.3 is 0 Å². The Labute approximate surface area is 89.9 Å². The molecule has 0 radical (unpaired) electrons. The molecule has 0 bridgehead atoms. The van der Waals surface area contributed by atoms with E-state index in [1.54, 1.807) is 6.33 Å². The largest absolute Gasteiger partial charge is 0.396 e. The Balaban J connectivity index is 2.17. The molecule has 2 aromatic heterocycles. The Kier molecular flexibility index (Phi) is 1.78. The Hall–Kier alpha value is -1.89. The average molecular weight is 221 g/mol. The highest BCUT2D eigenvalue weighted by Crippen LogP contribution is 2.43. The normalized spacial score (nSPS) is 23.8. The number of aromatic amines is 1. The molecule has 7 nitrogen and oxygen atoms in total. The smallest absolute Gasteiger partial charge is 0.280 e. The predicted molar refractivity (Wildman–Crippen MR) is 56.8 cm³/mol. The van der Waals surface area contributed by atoms with Crippen molar-refractivity contribution in [1.82, 2.24) is 19.5 Å². The van der Waals surface area contributed by atoms with Crippen LogP contribution >= 0.6 is 0 Å². The zero-order valence-electron chi connectivity index (χ0n) is 8.42. The van der Waals surface area contributed by atoms with E-state index in [0.29, 0.717) is 5.65 Å². The quantitative estimate of drug-likeness (QED) is 0.618. The maximum absolute atomic E-state index is 11.5. The molecule has 0 aromatic carbocycles. The molecule has 84 valence electrons. The van der Waals surface area contributed by atoms with Crippen molar-refractivity contribution >= 4 is 17.1 Å². The third-order valence-electron chi connectivity index (χ3n) is 2.93. The van der Waals surface area contributed by atoms with Gasteiger partial charge in [0.05, 0.1) is 6.33 Å². The van der Waals surface area contributed by atoms with Crippen LogP contribution in [0.25, 0.3) is 11.2 Å². The number of hydrogen-bond donors (Lipinski definition) is 3. The molecule has 16 heavy (non-hydrogen) atoms. The van der Waals surface area contributed by atoms with Crippen molar-refractivity contribution in [2.75, 3.05) is 12.3 Å². The summed E-state index contributed by atoms with van der Waals surface area (Å²) in [5, 5.41) is 9.01. The van der Waals surface area contributed by atoms with Gasteiger partial charge in [0.15, 0.2) is 11.2 Å². The lowest BCUT2D eigenvalue weighted by atomic mass is 10.4. The fraction of sp³-hybridized carbons (Fsp3) is 0.444. The van der Waals surface area contributed by atoms with E-state index in [9.17, 15) is 4.79 Å². The summed E-state index contributed by atoms with van der Waals surface area (Å²) in [6.45, 7) is 0.142. The van der Waals surface area contributed by atoms with E-state index in [4.69, 9.17) is 10.8 Å². The van der Waals surface area contributed by atoms with Crippen LogP contribution in [0.1, 0.15) is 12.5 Å². The fourth-order valence-electron chi connectivity index (χ4n) is 1.95. The first-order valence-electron chi connectivity index (χ1n) is 5.04. The van der Waals surface area contributed by atoms with Gasteiger partial charge in [-0.2, -0.15) is 4.98 Å². The van der Waals surface area contributed by atoms with Gasteiger partial charge in [-0.15, -0.1) is 0 Å². The van der Waals surface area contributed by atoms with Crippen LogP contribution in [0, 0.1) is 5.92 Å². The Morgan fingerprint density at radius 2 is 2.50 bits per heavy atom. The summed E-state index contributed by atoms with van der Waals surface area (Å²) < 4.78 is 1.81. The molecule has 2 atom stereocenters. The number of nitrogens with two attached hydrogens (primary N) is 1. The first kappa shape index (κ1) is 9.34. The van der Waals surface area contributed by atoms with Gasteiger partial charge in [0.2, 0.25) is 5.95 Å². The number of nitrogen functional groups attached to an aromatic ring is 1. The number of fused-ring (bicyclic) bond motifs is 1. The van der Waals surface area contributed by atoms with Crippen LogP contribution in [-0.2, 0) is 0 Å². The maximum Gasteiger partial charge on any atom is 0.280 e. The van der Waals surface area contributed by atoms with Gasteiger partial charge in [-0.1, -0.05) is 0 Å². The summed E-state index contributed by atoms with van der Waals surface area (Å²) >= 11 is 0. The first-order chi connectivity index (χ1) is 7.70. The zero-order valence-corrected chi connectivity index (χ0v) is 8.42. The van der Waals surface area contributed by atoms with Gasteiger partial charge in [0.25, 0.3) is 5.56 Å². The number of H-pyrrole nitrogens is 1. The number of nitrogens with zero attached hydrogens (tertiary/aromatic N) is 3. The molecule has 0 amide bonds. The highest BCUT2D eigenvalue weighted by Gasteiger charge is 2.39. The summed E-state index contributed by atoms with van der Waals surface area (Å²) in [5.41, 5.74) is 5.93. The minimum Gasteiger partial charge on any atom is -0.396 e. The number of aromatic nitrogens is 4. The summed E-state index contributed by atoms with van der Waals surface area (Å²) in [5.74, 6) is 0.320. The Morgan fingerprint density at radius 1 is 1.69 bits per heavy atom. The molecule has 1 aliphatic rings. The van der Waals surface area contributed by atoms with Crippen molar-refractivity contribution in [1.29, 1.82) is 0 Å². The molecule has 0 saturated heterocycles. The number of rotatable bonds is 2. The van der Waals surface area contributed by atoms with Crippen LogP contribution in [0.15, 0.2) is 11.1 Å². The van der Waals surface area contributed by atoms with Crippen molar-refractivity contribution < 1.29 is 5.11 Å². The van der Waals surface area contributed by atoms with Crippen LogP contribution in [0.4, 0.5) is 5.95 Å². The zero-order chi connectivity index (χ0) is 11.3. The van der Waals surface area contributed by atoms with Crippen LogP contribution in [0.2, 0.25) is 0 Å². The summed E-state index contributed by atoms with van der Waals surface area (Å²) in [4.78, 5) is 22.0. The molecule has 1 aliphatic carbocycles. The number of aliphatic hydroxyl groups excluding tert-OH is 1. The standard InChI is InChI=1S/C9H11N5O2/c10-9-12-7-6(8(16)13-9)11-3-14(7)5-1-4(5)2-15/h3-5,15H,1-2H2,(H3,10,12,13,16)/t4-,5-/m0/s1. The van der Waals surface area contributed by atoms with Gasteiger partial charge in [0, 0.05) is 18.6 Å². The van der Waals surface area contributed by atoms with Crippen molar-refractivity contribution in [3.8, 4) is 0 Å². The summed E-state index contributed by atoms with van der Waals surface area (Å²) in [6.07, 6.45) is 2.46. The predicted octanol–water partition coefficient (Wildman–Crippen LogP) is -0.745. The van der Waals surface area contributed by atoms with Crippen LogP contribution < -0.4 is 11.3 Å². The minimum absolute atomic E-state index is 0.0837. The highest BCUT2D eigenvalue weighted by atomic mass is 16.3. The topological polar surface area (TPSA) is 110 Å². The monoisotopic (exact) mass is 221 g/mol.